The van der Waals surface area contributed by atoms with E-state index in [2.05, 4.69) is 220 Å². The number of allylic oxidation sites excluding steroid dienone is 34. The highest BCUT2D eigenvalue weighted by Crippen LogP contribution is 2.17. The monoisotopic (exact) mass is 1260 g/mol. The molecule has 0 aromatic rings. The maximum atomic E-state index is 12.4. The lowest BCUT2D eigenvalue weighted by Gasteiger charge is -2.15. The summed E-state index contributed by atoms with van der Waals surface area (Å²) < 4.78 is 10.8. The van der Waals surface area contributed by atoms with Gasteiger partial charge in [-0.3, -0.25) is 9.59 Å². The molecule has 1 unspecified atom stereocenters. The quantitative estimate of drug-likeness (QED) is 0.0373. The second-order valence-corrected chi connectivity index (χ2v) is 24.3. The fourth-order valence-electron chi connectivity index (χ4n) is 10.0. The smallest absolute Gasteiger partial charge is 0.306 e. The second kappa shape index (κ2) is 79.7. The summed E-state index contributed by atoms with van der Waals surface area (Å²) in [7, 11) is 0. The topological polar surface area (TPSA) is 72.8 Å². The van der Waals surface area contributed by atoms with Gasteiger partial charge >= 0.3 is 11.9 Å². The molecule has 0 aliphatic heterocycles. The molecule has 0 bridgehead atoms. The van der Waals surface area contributed by atoms with E-state index in [0.717, 1.165) is 154 Å². The molecule has 1 N–H and O–H groups in total. The van der Waals surface area contributed by atoms with Crippen LogP contribution in [0.4, 0.5) is 0 Å². The van der Waals surface area contributed by atoms with Crippen molar-refractivity contribution >= 4 is 11.9 Å². The van der Waals surface area contributed by atoms with E-state index in [1.54, 1.807) is 0 Å². The Morgan fingerprint density at radius 1 is 0.250 bits per heavy atom. The molecule has 0 heterocycles. The van der Waals surface area contributed by atoms with Gasteiger partial charge in [-0.25, -0.2) is 0 Å². The molecular formula is C87H138O5. The van der Waals surface area contributed by atoms with Crippen molar-refractivity contribution in [1.82, 2.24) is 0 Å². The molecule has 0 aromatic heterocycles. The number of carbonyl (C=O) groups excluding carboxylic acids is 2. The molecule has 5 heteroatoms. The summed E-state index contributed by atoms with van der Waals surface area (Å²) in [5.74, 6) is -0.607. The number of aliphatic hydroxyl groups is 1. The van der Waals surface area contributed by atoms with Crippen molar-refractivity contribution in [1.29, 1.82) is 0 Å². The fraction of sp³-hybridized carbons (Fsp3) is 0.586. The van der Waals surface area contributed by atoms with Gasteiger partial charge in [-0.15, -0.1) is 0 Å². The second-order valence-electron chi connectivity index (χ2n) is 24.3. The van der Waals surface area contributed by atoms with E-state index in [0.29, 0.717) is 12.8 Å². The summed E-state index contributed by atoms with van der Waals surface area (Å²) in [4.78, 5) is 24.7. The molecule has 0 fully saturated rings. The van der Waals surface area contributed by atoms with E-state index >= 15 is 0 Å². The molecule has 0 aliphatic carbocycles. The number of unbranched alkanes of at least 4 members (excludes halogenated alkanes) is 25. The number of hydrogen-bond donors (Lipinski definition) is 1. The lowest BCUT2D eigenvalue weighted by Crippen LogP contribution is -2.28. The van der Waals surface area contributed by atoms with Crippen LogP contribution in [-0.4, -0.2) is 36.4 Å². The van der Waals surface area contributed by atoms with Crippen LogP contribution in [0.25, 0.3) is 0 Å². The van der Waals surface area contributed by atoms with Gasteiger partial charge in [0.2, 0.25) is 0 Å². The van der Waals surface area contributed by atoms with Crippen LogP contribution in [0.1, 0.15) is 309 Å². The predicted molar refractivity (Wildman–Crippen MR) is 407 cm³/mol. The molecular weight excluding hydrogens is 1120 g/mol. The first-order chi connectivity index (χ1) is 45.6. The Labute approximate surface area is 568 Å². The van der Waals surface area contributed by atoms with Crippen LogP contribution in [0.5, 0.6) is 0 Å². The number of carbonyl (C=O) groups is 2. The summed E-state index contributed by atoms with van der Waals surface area (Å²) in [5.41, 5.74) is 0. The van der Waals surface area contributed by atoms with Crippen LogP contribution in [0.15, 0.2) is 207 Å². The van der Waals surface area contributed by atoms with Gasteiger partial charge in [0, 0.05) is 12.8 Å². The molecule has 516 valence electrons. The van der Waals surface area contributed by atoms with Crippen molar-refractivity contribution in [3.05, 3.63) is 207 Å². The summed E-state index contributed by atoms with van der Waals surface area (Å²) in [6, 6.07) is 0. The van der Waals surface area contributed by atoms with E-state index in [1.807, 2.05) is 0 Å². The van der Waals surface area contributed by atoms with Crippen molar-refractivity contribution < 1.29 is 24.2 Å². The SMILES string of the molecule is CC/C=C\C/C=C\C/C=C\C/C=C\C/C=C\C/C=C\C/C=C\C/C=C\C/C=C\C/C=C\C/C=C\CCCCCCCCCC(=O)OC(CO)COC(=O)CCCCCCCCCCCCCCCCCCCC/C=C\C/C=C\C/C=C\C/C=C\C/C=C\C/C=C\CC. The molecule has 0 radical (unpaired) electrons. The van der Waals surface area contributed by atoms with Gasteiger partial charge in [-0.1, -0.05) is 355 Å². The Morgan fingerprint density at radius 2 is 0.435 bits per heavy atom. The van der Waals surface area contributed by atoms with E-state index in [4.69, 9.17) is 9.47 Å². The molecule has 0 rings (SSSR count). The minimum absolute atomic E-state index is 0.0797. The lowest BCUT2D eigenvalue weighted by atomic mass is 10.0. The number of hydrogen-bond acceptors (Lipinski definition) is 5. The average Bonchev–Trinajstić information content (AvgIpc) is 3.64. The zero-order valence-corrected chi connectivity index (χ0v) is 59.2. The predicted octanol–water partition coefficient (Wildman–Crippen LogP) is 26.9. The minimum atomic E-state index is -0.793. The van der Waals surface area contributed by atoms with Gasteiger partial charge in [0.15, 0.2) is 6.10 Å². The Bertz CT molecular complexity index is 2120. The third-order valence-electron chi connectivity index (χ3n) is 15.6. The normalized spacial score (nSPS) is 13.5. The van der Waals surface area contributed by atoms with Gasteiger partial charge in [0.25, 0.3) is 0 Å². The van der Waals surface area contributed by atoms with Crippen molar-refractivity contribution in [2.24, 2.45) is 0 Å². The van der Waals surface area contributed by atoms with E-state index < -0.39 is 6.10 Å². The molecule has 0 saturated heterocycles. The third-order valence-corrected chi connectivity index (χ3v) is 15.6. The lowest BCUT2D eigenvalue weighted by molar-refractivity contribution is -0.161. The molecule has 0 saturated carbocycles. The van der Waals surface area contributed by atoms with Crippen LogP contribution in [0.2, 0.25) is 0 Å². The highest BCUT2D eigenvalue weighted by Gasteiger charge is 2.16. The van der Waals surface area contributed by atoms with Gasteiger partial charge < -0.3 is 14.6 Å². The number of rotatable bonds is 67. The van der Waals surface area contributed by atoms with Gasteiger partial charge in [-0.2, -0.15) is 0 Å². The van der Waals surface area contributed by atoms with E-state index in [1.165, 1.54) is 128 Å². The number of ether oxygens (including phenoxy) is 2. The summed E-state index contributed by atoms with van der Waals surface area (Å²) in [6.07, 6.45) is 127. The van der Waals surface area contributed by atoms with Crippen LogP contribution in [0, 0.1) is 0 Å². The first-order valence-electron chi connectivity index (χ1n) is 37.6. The first kappa shape index (κ1) is 86.5. The zero-order chi connectivity index (χ0) is 66.1. The summed E-state index contributed by atoms with van der Waals surface area (Å²) in [6.45, 7) is 3.91. The number of esters is 2. The summed E-state index contributed by atoms with van der Waals surface area (Å²) >= 11 is 0. The maximum Gasteiger partial charge on any atom is 0.306 e. The Kier molecular flexibility index (Phi) is 74.9. The van der Waals surface area contributed by atoms with Gasteiger partial charge in [-0.05, 0) is 148 Å². The standard InChI is InChI=1S/C87H138O5/c1-3-5-7-9-11-13-15-17-19-21-23-25-27-29-31-33-35-37-39-41-42-43-44-46-48-50-52-54-56-58-60-62-64-66-68-70-72-74-76-78-80-82-87(90)92-85(83-88)84-91-86(89)81-79-77-75-73-71-69-67-65-63-61-59-57-55-53-51-49-47-45-40-38-36-34-32-30-28-26-24-22-20-18-16-14-12-10-8-6-4-2/h5-8,11-14,17-20,23-26,29-32,35-38,41-42,44,46,50,52,56,58,62,64,85,88H,3-4,9-10,15-16,21-22,27-28,33-34,39-40,43,45,47-49,51,53-55,57,59-61,63,65-84H2,1-2H3/b7-5-,8-6-,13-11-,14-12-,19-17-,20-18-,25-23-,26-24-,31-29-,32-30-,37-35-,38-36-,42-41-,46-44-,52-50-,58-56-,64-62-. The van der Waals surface area contributed by atoms with Crippen LogP contribution in [0.3, 0.4) is 0 Å². The van der Waals surface area contributed by atoms with Crippen molar-refractivity contribution in [2.45, 2.75) is 315 Å². The third kappa shape index (κ3) is 76.9. The van der Waals surface area contributed by atoms with Crippen molar-refractivity contribution in [3.63, 3.8) is 0 Å². The van der Waals surface area contributed by atoms with Crippen molar-refractivity contribution in [3.8, 4) is 0 Å². The maximum absolute atomic E-state index is 12.4. The Balaban J connectivity index is 3.57. The molecule has 0 spiro atoms. The van der Waals surface area contributed by atoms with E-state index in [-0.39, 0.29) is 25.2 Å². The minimum Gasteiger partial charge on any atom is -0.462 e. The highest BCUT2D eigenvalue weighted by atomic mass is 16.6. The first-order valence-corrected chi connectivity index (χ1v) is 37.6. The fourth-order valence-corrected chi connectivity index (χ4v) is 10.0. The molecule has 0 aromatic carbocycles. The average molecular weight is 1260 g/mol. The molecule has 0 aliphatic rings. The zero-order valence-electron chi connectivity index (χ0n) is 59.2. The number of aliphatic hydroxyl groups excluding tert-OH is 1. The van der Waals surface area contributed by atoms with Crippen LogP contribution in [-0.2, 0) is 19.1 Å². The Hall–Kier alpha value is -5.52. The highest BCUT2D eigenvalue weighted by molar-refractivity contribution is 5.70. The molecule has 5 nitrogen and oxygen atoms in total. The largest absolute Gasteiger partial charge is 0.462 e. The molecule has 0 amide bonds. The molecule has 1 atom stereocenters. The van der Waals surface area contributed by atoms with E-state index in [9.17, 15) is 14.7 Å². The summed E-state index contributed by atoms with van der Waals surface area (Å²) in [5, 5.41) is 9.72. The van der Waals surface area contributed by atoms with Crippen LogP contribution >= 0.6 is 0 Å². The van der Waals surface area contributed by atoms with Gasteiger partial charge in [0.05, 0.1) is 6.61 Å². The van der Waals surface area contributed by atoms with Crippen molar-refractivity contribution in [2.75, 3.05) is 13.2 Å². The molecule has 92 heavy (non-hydrogen) atoms. The Morgan fingerprint density at radius 3 is 0.652 bits per heavy atom. The van der Waals surface area contributed by atoms with Gasteiger partial charge in [0.1, 0.15) is 6.61 Å². The van der Waals surface area contributed by atoms with Crippen LogP contribution < -0.4 is 0 Å².